The molecular weight excluding hydrogens is 578 g/mol. The Balaban J connectivity index is 1.52. The second-order valence-corrected chi connectivity index (χ2v) is 13.5. The summed E-state index contributed by atoms with van der Waals surface area (Å²) < 4.78 is 34.9. The number of sulfonamides is 1. The van der Waals surface area contributed by atoms with Gasteiger partial charge in [-0.1, -0.05) is 50.3 Å². The third-order valence-electron chi connectivity index (χ3n) is 7.37. The number of nitrogens with two attached hydrogens (primary N) is 1. The molecule has 2 aromatic rings. The van der Waals surface area contributed by atoms with E-state index >= 15 is 0 Å². The number of amides is 1. The number of rotatable bonds is 13. The smallest absolute Gasteiger partial charge is 0.258 e. The molecule has 2 unspecified atom stereocenters. The van der Waals surface area contributed by atoms with Crippen LogP contribution in [0, 0.1) is 31.1 Å². The Morgan fingerprint density at radius 2 is 1.84 bits per heavy atom. The molecule has 0 spiro atoms. The van der Waals surface area contributed by atoms with Gasteiger partial charge in [-0.3, -0.25) is 4.79 Å². The third kappa shape index (κ3) is 8.02. The fraction of sp³-hybridized carbons (Fsp3) is 0.364. The molecule has 0 bridgehead atoms. The van der Waals surface area contributed by atoms with Crippen LogP contribution in [0.4, 0.5) is 0 Å². The van der Waals surface area contributed by atoms with E-state index in [-0.39, 0.29) is 43.4 Å². The standard InChI is InChI=1S/C33H39N5O5S/c1-21(2)18-38(44(41,42)27-11-10-26-15-31(35)36-28(26)16-27)19-30(39)29(14-24-8-6-5-7-9-24)37-32(40)20-43-33-22(3)12-25(17-34)13-23(33)4/h5-13,15,21,29-30,39H,14,16,18-20,35H2,1-4H3,(H,37,40). The summed E-state index contributed by atoms with van der Waals surface area (Å²) in [5.41, 5.74) is 10.0. The van der Waals surface area contributed by atoms with Crippen molar-refractivity contribution in [2.45, 2.75) is 52.7 Å². The van der Waals surface area contributed by atoms with Gasteiger partial charge >= 0.3 is 0 Å². The summed E-state index contributed by atoms with van der Waals surface area (Å²) in [7, 11) is -3.98. The third-order valence-corrected chi connectivity index (χ3v) is 9.29. The normalized spacial score (nSPS) is 15.9. The van der Waals surface area contributed by atoms with Crippen molar-refractivity contribution < 1.29 is 23.1 Å². The van der Waals surface area contributed by atoms with Crippen molar-refractivity contribution in [2.24, 2.45) is 16.6 Å². The number of nitrogens with zero attached hydrogens (tertiary/aromatic N) is 3. The highest BCUT2D eigenvalue weighted by atomic mass is 32.2. The van der Waals surface area contributed by atoms with Crippen LogP contribution in [-0.4, -0.2) is 61.3 Å². The molecule has 232 valence electrons. The molecule has 2 aliphatic rings. The maximum atomic E-state index is 13.9. The lowest BCUT2D eigenvalue weighted by Gasteiger charge is -2.31. The molecule has 0 saturated heterocycles. The number of hydrogen-bond acceptors (Lipinski definition) is 8. The number of aliphatic hydroxyl groups excluding tert-OH is 1. The second-order valence-electron chi connectivity index (χ2n) is 11.5. The summed E-state index contributed by atoms with van der Waals surface area (Å²) in [4.78, 5) is 17.6. The van der Waals surface area contributed by atoms with Crippen molar-refractivity contribution in [1.29, 1.82) is 5.26 Å². The van der Waals surface area contributed by atoms with Gasteiger partial charge in [-0.05, 0) is 67.2 Å². The number of nitriles is 1. The van der Waals surface area contributed by atoms with E-state index in [2.05, 4.69) is 16.4 Å². The van der Waals surface area contributed by atoms with Crippen LogP contribution in [0.15, 0.2) is 82.0 Å². The number of ether oxygens (including phenoxy) is 1. The van der Waals surface area contributed by atoms with E-state index in [1.165, 1.54) is 4.31 Å². The first-order valence-electron chi connectivity index (χ1n) is 14.5. The minimum absolute atomic E-state index is 0.0251. The topological polar surface area (TPSA) is 158 Å². The van der Waals surface area contributed by atoms with Gasteiger partial charge in [0.15, 0.2) is 6.61 Å². The van der Waals surface area contributed by atoms with E-state index in [0.717, 1.165) is 22.3 Å². The Morgan fingerprint density at radius 3 is 2.48 bits per heavy atom. The summed E-state index contributed by atoms with van der Waals surface area (Å²) >= 11 is 0. The molecule has 0 saturated carbocycles. The number of aliphatic imine (C=N–C) groups is 1. The highest BCUT2D eigenvalue weighted by molar-refractivity contribution is 7.93. The fourth-order valence-electron chi connectivity index (χ4n) is 5.32. The van der Waals surface area contributed by atoms with Crippen LogP contribution < -0.4 is 15.8 Å². The van der Waals surface area contributed by atoms with Gasteiger partial charge in [-0.2, -0.15) is 9.57 Å². The lowest BCUT2D eigenvalue weighted by atomic mass is 10.0. The van der Waals surface area contributed by atoms with Crippen molar-refractivity contribution in [3.63, 3.8) is 0 Å². The average molecular weight is 618 g/mol. The average Bonchev–Trinajstić information content (AvgIpc) is 3.35. The highest BCUT2D eigenvalue weighted by Gasteiger charge is 2.34. The van der Waals surface area contributed by atoms with Crippen molar-refractivity contribution in [2.75, 3.05) is 19.7 Å². The Labute approximate surface area is 259 Å². The summed E-state index contributed by atoms with van der Waals surface area (Å²) in [6, 6.07) is 14.0. The first-order valence-corrected chi connectivity index (χ1v) is 15.9. The number of allylic oxidation sites excluding steroid dienone is 5. The molecule has 10 nitrogen and oxygen atoms in total. The summed E-state index contributed by atoms with van der Waals surface area (Å²) in [6.07, 6.45) is 4.10. The molecule has 4 N–H and O–H groups in total. The molecule has 1 aliphatic heterocycles. The van der Waals surface area contributed by atoms with Gasteiger partial charge in [0.05, 0.1) is 34.4 Å². The lowest BCUT2D eigenvalue weighted by molar-refractivity contribution is -0.124. The first kappa shape index (κ1) is 32.7. The molecule has 1 heterocycles. The Morgan fingerprint density at radius 1 is 1.16 bits per heavy atom. The number of aryl methyl sites for hydroxylation is 2. The van der Waals surface area contributed by atoms with E-state index in [1.807, 2.05) is 44.2 Å². The van der Waals surface area contributed by atoms with Gasteiger partial charge in [-0.25, -0.2) is 13.4 Å². The van der Waals surface area contributed by atoms with Crippen molar-refractivity contribution >= 4 is 21.6 Å². The quantitative estimate of drug-likeness (QED) is 0.311. The van der Waals surface area contributed by atoms with Crippen LogP contribution in [0.2, 0.25) is 0 Å². The van der Waals surface area contributed by atoms with Gasteiger partial charge in [0.25, 0.3) is 5.91 Å². The number of nitrogens with one attached hydrogen (secondary N) is 1. The van der Waals surface area contributed by atoms with Crippen LogP contribution >= 0.6 is 0 Å². The first-order chi connectivity index (χ1) is 20.9. The van der Waals surface area contributed by atoms with E-state index in [0.29, 0.717) is 22.8 Å². The van der Waals surface area contributed by atoms with Crippen LogP contribution in [0.25, 0.3) is 0 Å². The van der Waals surface area contributed by atoms with Crippen molar-refractivity contribution in [1.82, 2.24) is 9.62 Å². The number of carbonyl (C=O) groups is 1. The zero-order chi connectivity index (χ0) is 32.0. The number of carbonyl (C=O) groups excluding carboxylic acids is 1. The van der Waals surface area contributed by atoms with Crippen LogP contribution in [-0.2, 0) is 21.2 Å². The van der Waals surface area contributed by atoms with E-state index in [1.54, 1.807) is 44.2 Å². The maximum absolute atomic E-state index is 13.9. The van der Waals surface area contributed by atoms with E-state index < -0.39 is 28.1 Å². The minimum atomic E-state index is -3.98. The Hall–Kier alpha value is -4.24. The van der Waals surface area contributed by atoms with E-state index in [9.17, 15) is 23.6 Å². The summed E-state index contributed by atoms with van der Waals surface area (Å²) in [5.74, 6) is 0.349. The van der Waals surface area contributed by atoms with Gasteiger partial charge in [-0.15, -0.1) is 0 Å². The summed E-state index contributed by atoms with van der Waals surface area (Å²) in [6.45, 7) is 7.04. The van der Waals surface area contributed by atoms with Crippen LogP contribution in [0.3, 0.4) is 0 Å². The molecule has 1 aliphatic carbocycles. The molecule has 0 fully saturated rings. The minimum Gasteiger partial charge on any atom is -0.483 e. The van der Waals surface area contributed by atoms with Crippen molar-refractivity contribution in [3.8, 4) is 11.8 Å². The molecular formula is C33H39N5O5S. The van der Waals surface area contributed by atoms with Crippen molar-refractivity contribution in [3.05, 3.63) is 99.2 Å². The predicted molar refractivity (Wildman–Crippen MR) is 170 cm³/mol. The molecule has 2 aromatic carbocycles. The molecule has 44 heavy (non-hydrogen) atoms. The molecule has 2 atom stereocenters. The molecule has 4 rings (SSSR count). The van der Waals surface area contributed by atoms with E-state index in [4.69, 9.17) is 10.5 Å². The van der Waals surface area contributed by atoms with Crippen LogP contribution in [0.5, 0.6) is 5.75 Å². The Bertz CT molecular complexity index is 1650. The highest BCUT2D eigenvalue weighted by Crippen LogP contribution is 2.29. The van der Waals surface area contributed by atoms with Gasteiger partial charge in [0.1, 0.15) is 11.6 Å². The summed E-state index contributed by atoms with van der Waals surface area (Å²) in [5, 5.41) is 23.6. The number of fused-ring (bicyclic) bond motifs is 1. The number of benzene rings is 2. The monoisotopic (exact) mass is 617 g/mol. The molecule has 0 radical (unpaired) electrons. The zero-order valence-electron chi connectivity index (χ0n) is 25.4. The van der Waals surface area contributed by atoms with Gasteiger partial charge < -0.3 is 20.9 Å². The largest absolute Gasteiger partial charge is 0.483 e. The lowest BCUT2D eigenvalue weighted by Crippen LogP contribution is -2.52. The molecule has 1 amide bonds. The molecule has 0 aromatic heterocycles. The Kier molecular flexibility index (Phi) is 10.4. The van der Waals surface area contributed by atoms with Gasteiger partial charge in [0, 0.05) is 25.1 Å². The zero-order valence-corrected chi connectivity index (χ0v) is 26.3. The number of aliphatic hydroxyl groups is 1. The van der Waals surface area contributed by atoms with Gasteiger partial charge in [0.2, 0.25) is 10.0 Å². The molecule has 11 heteroatoms. The fourth-order valence-corrected chi connectivity index (χ4v) is 7.06. The maximum Gasteiger partial charge on any atom is 0.258 e. The number of hydrogen-bond donors (Lipinski definition) is 3. The SMILES string of the molecule is Cc1cc(C#N)cc(C)c1OCC(=O)NC(Cc1ccccc1)C(O)CN(CC(C)C)S(=O)(=O)C1=CC=C2C=C(N)N=C2C1. The second kappa shape index (κ2) is 14.0. The van der Waals surface area contributed by atoms with Crippen LogP contribution in [0.1, 0.15) is 42.5 Å². The predicted octanol–water partition coefficient (Wildman–Crippen LogP) is 3.40.